The zero-order valence-corrected chi connectivity index (χ0v) is 7.93. The van der Waals surface area contributed by atoms with Crippen LogP contribution in [0.1, 0.15) is 15.9 Å². The topological polar surface area (TPSA) is 50.1 Å². The van der Waals surface area contributed by atoms with Crippen LogP contribution in [0.3, 0.4) is 0 Å². The molecule has 0 heterocycles. The van der Waals surface area contributed by atoms with Crippen LogP contribution >= 0.6 is 11.6 Å². The number of methoxy groups -OCH3 is 1. The summed E-state index contributed by atoms with van der Waals surface area (Å²) in [6.07, 6.45) is 0. The molecule has 0 aliphatic carbocycles. The molecule has 1 aromatic carbocycles. The van der Waals surface area contributed by atoms with E-state index in [9.17, 15) is 9.18 Å². The third-order valence-electron chi connectivity index (χ3n) is 1.61. The number of carbonyl (C=O) groups excluding carboxylic acids is 1. The molecule has 0 radical (unpaired) electrons. The first kappa shape index (κ1) is 10.5. The van der Waals surface area contributed by atoms with Crippen molar-refractivity contribution in [2.75, 3.05) is 7.11 Å². The van der Waals surface area contributed by atoms with Gasteiger partial charge in [0.05, 0.1) is 23.3 Å². The second kappa shape index (κ2) is 4.07. The fourth-order valence-corrected chi connectivity index (χ4v) is 1.15. The molecule has 3 nitrogen and oxygen atoms in total. The number of halogens is 2. The van der Waals surface area contributed by atoms with E-state index >= 15 is 0 Å². The van der Waals surface area contributed by atoms with Crippen molar-refractivity contribution >= 4 is 17.6 Å². The number of nitrogens with zero attached hydrogens (tertiary/aromatic N) is 1. The van der Waals surface area contributed by atoms with E-state index in [2.05, 4.69) is 4.74 Å². The minimum Gasteiger partial charge on any atom is -0.465 e. The number of esters is 1. The fourth-order valence-electron chi connectivity index (χ4n) is 0.940. The van der Waals surface area contributed by atoms with Crippen LogP contribution in [-0.2, 0) is 4.74 Å². The van der Waals surface area contributed by atoms with Crippen LogP contribution < -0.4 is 0 Å². The first-order valence-electron chi connectivity index (χ1n) is 3.58. The molecule has 0 bridgehead atoms. The molecule has 0 saturated heterocycles. The first-order chi connectivity index (χ1) is 6.61. The molecule has 1 aromatic rings. The van der Waals surface area contributed by atoms with E-state index in [1.165, 1.54) is 7.11 Å². The summed E-state index contributed by atoms with van der Waals surface area (Å²) in [4.78, 5) is 11.1. The van der Waals surface area contributed by atoms with Crippen molar-refractivity contribution in [3.63, 3.8) is 0 Å². The summed E-state index contributed by atoms with van der Waals surface area (Å²) >= 11 is 5.49. The Kier molecular flexibility index (Phi) is 3.05. The van der Waals surface area contributed by atoms with E-state index in [1.807, 2.05) is 0 Å². The predicted octanol–water partition coefficient (Wildman–Crippen LogP) is 2.14. The molecule has 0 unspecified atom stereocenters. The maximum Gasteiger partial charge on any atom is 0.339 e. The van der Waals surface area contributed by atoms with Gasteiger partial charge in [-0.25, -0.2) is 9.18 Å². The summed E-state index contributed by atoms with van der Waals surface area (Å²) in [5.41, 5.74) is -0.250. The molecule has 0 aromatic heterocycles. The summed E-state index contributed by atoms with van der Waals surface area (Å²) in [6, 6.07) is 3.81. The van der Waals surface area contributed by atoms with Crippen molar-refractivity contribution < 1.29 is 13.9 Å². The smallest absolute Gasteiger partial charge is 0.339 e. The molecule has 1 rings (SSSR count). The lowest BCUT2D eigenvalue weighted by molar-refractivity contribution is 0.0600. The fraction of sp³-hybridized carbons (Fsp3) is 0.111. The van der Waals surface area contributed by atoms with E-state index in [0.29, 0.717) is 0 Å². The van der Waals surface area contributed by atoms with Crippen molar-refractivity contribution in [2.45, 2.75) is 0 Å². The van der Waals surface area contributed by atoms with E-state index < -0.39 is 11.8 Å². The number of benzene rings is 1. The monoisotopic (exact) mass is 213 g/mol. The summed E-state index contributed by atoms with van der Waals surface area (Å²) in [7, 11) is 1.17. The Hall–Kier alpha value is -1.60. The molecule has 0 atom stereocenters. The van der Waals surface area contributed by atoms with Gasteiger partial charge in [-0.2, -0.15) is 5.26 Å². The van der Waals surface area contributed by atoms with Gasteiger partial charge in [0.2, 0.25) is 0 Å². The molecule has 14 heavy (non-hydrogen) atoms. The van der Waals surface area contributed by atoms with Gasteiger partial charge in [-0.15, -0.1) is 0 Å². The van der Waals surface area contributed by atoms with Crippen LogP contribution in [-0.4, -0.2) is 13.1 Å². The average molecular weight is 214 g/mol. The molecule has 0 N–H and O–H groups in total. The third-order valence-corrected chi connectivity index (χ3v) is 1.98. The number of hydrogen-bond acceptors (Lipinski definition) is 3. The molecule has 72 valence electrons. The van der Waals surface area contributed by atoms with Crippen molar-refractivity contribution in [3.8, 4) is 6.07 Å². The van der Waals surface area contributed by atoms with E-state index in [-0.39, 0.29) is 16.1 Å². The van der Waals surface area contributed by atoms with E-state index in [4.69, 9.17) is 16.9 Å². The number of carbonyl (C=O) groups is 1. The Morgan fingerprint density at radius 3 is 2.79 bits per heavy atom. The number of rotatable bonds is 1. The number of hydrogen-bond donors (Lipinski definition) is 0. The van der Waals surface area contributed by atoms with E-state index in [0.717, 1.165) is 12.1 Å². The molecular weight excluding hydrogens is 209 g/mol. The zero-order chi connectivity index (χ0) is 10.7. The molecule has 0 aliphatic rings. The highest BCUT2D eigenvalue weighted by Crippen LogP contribution is 2.23. The Bertz CT molecular complexity index is 426. The van der Waals surface area contributed by atoms with Crippen molar-refractivity contribution in [1.29, 1.82) is 5.26 Å². The van der Waals surface area contributed by atoms with Crippen LogP contribution in [0.25, 0.3) is 0 Å². The molecule has 0 spiro atoms. The quantitative estimate of drug-likeness (QED) is 0.672. The van der Waals surface area contributed by atoms with Crippen molar-refractivity contribution in [1.82, 2.24) is 0 Å². The normalized spacial score (nSPS) is 9.29. The molecule has 0 amide bonds. The minimum absolute atomic E-state index is 0.0404. The van der Waals surface area contributed by atoms with Gasteiger partial charge >= 0.3 is 5.97 Å². The Morgan fingerprint density at radius 2 is 2.29 bits per heavy atom. The van der Waals surface area contributed by atoms with Gasteiger partial charge in [0.25, 0.3) is 0 Å². The lowest BCUT2D eigenvalue weighted by Gasteiger charge is -2.03. The van der Waals surface area contributed by atoms with Crippen LogP contribution in [0.15, 0.2) is 12.1 Å². The molecule has 5 heteroatoms. The summed E-state index contributed by atoms with van der Waals surface area (Å²) in [5.74, 6) is -1.46. The lowest BCUT2D eigenvalue weighted by atomic mass is 10.1. The average Bonchev–Trinajstić information content (AvgIpc) is 2.20. The highest BCUT2D eigenvalue weighted by molar-refractivity contribution is 6.32. The molecule has 0 saturated carbocycles. The predicted molar refractivity (Wildman–Crippen MR) is 47.5 cm³/mol. The van der Waals surface area contributed by atoms with Crippen LogP contribution in [0.5, 0.6) is 0 Å². The summed E-state index contributed by atoms with van der Waals surface area (Å²) < 4.78 is 17.3. The largest absolute Gasteiger partial charge is 0.465 e. The van der Waals surface area contributed by atoms with Crippen LogP contribution in [0.4, 0.5) is 4.39 Å². The van der Waals surface area contributed by atoms with Crippen LogP contribution in [0.2, 0.25) is 5.02 Å². The van der Waals surface area contributed by atoms with Gasteiger partial charge in [-0.1, -0.05) is 11.6 Å². The van der Waals surface area contributed by atoms with Gasteiger partial charge in [0.1, 0.15) is 11.9 Å². The molecule has 0 fully saturated rings. The Labute approximate surface area is 84.7 Å². The highest BCUT2D eigenvalue weighted by atomic mass is 35.5. The summed E-state index contributed by atoms with van der Waals surface area (Å²) in [5, 5.41) is 8.29. The minimum atomic E-state index is -0.740. The first-order valence-corrected chi connectivity index (χ1v) is 3.96. The maximum absolute atomic E-state index is 12.9. The number of ether oxygens (including phenoxy) is 1. The number of nitriles is 1. The SMILES string of the molecule is COC(=O)c1ccc(F)c(Cl)c1C#N. The van der Waals surface area contributed by atoms with Gasteiger partial charge < -0.3 is 4.74 Å². The lowest BCUT2D eigenvalue weighted by Crippen LogP contribution is -2.05. The summed E-state index contributed by atoms with van der Waals surface area (Å²) in [6.45, 7) is 0. The van der Waals surface area contributed by atoms with Crippen molar-refractivity contribution in [2.24, 2.45) is 0 Å². The van der Waals surface area contributed by atoms with Crippen molar-refractivity contribution in [3.05, 3.63) is 34.1 Å². The molecular formula is C9H5ClFNO2. The highest BCUT2D eigenvalue weighted by Gasteiger charge is 2.17. The third kappa shape index (κ3) is 1.68. The van der Waals surface area contributed by atoms with E-state index in [1.54, 1.807) is 6.07 Å². The Morgan fingerprint density at radius 1 is 1.64 bits per heavy atom. The van der Waals surface area contributed by atoms with Gasteiger partial charge in [-0.3, -0.25) is 0 Å². The molecule has 0 aliphatic heterocycles. The van der Waals surface area contributed by atoms with Crippen LogP contribution in [0, 0.1) is 17.1 Å². The maximum atomic E-state index is 12.9. The van der Waals surface area contributed by atoms with Gasteiger partial charge in [-0.05, 0) is 12.1 Å². The van der Waals surface area contributed by atoms with Gasteiger partial charge in [0, 0.05) is 0 Å². The second-order valence-corrected chi connectivity index (χ2v) is 2.77. The standard InChI is InChI=1S/C9H5ClFNO2/c1-14-9(13)5-2-3-7(11)8(10)6(5)4-12/h2-3H,1H3. The van der Waals surface area contributed by atoms with Gasteiger partial charge in [0.15, 0.2) is 0 Å². The zero-order valence-electron chi connectivity index (χ0n) is 7.17. The Balaban J connectivity index is 3.40. The second-order valence-electron chi connectivity index (χ2n) is 2.39.